The van der Waals surface area contributed by atoms with E-state index in [1.54, 1.807) is 0 Å². The summed E-state index contributed by atoms with van der Waals surface area (Å²) in [6.07, 6.45) is 1.87. The average Bonchev–Trinajstić information content (AvgIpc) is 2.77. The van der Waals surface area contributed by atoms with Crippen LogP contribution >= 0.6 is 0 Å². The monoisotopic (exact) mass is 243 g/mol. The molecular weight excluding hydrogens is 222 g/mol. The van der Waals surface area contributed by atoms with E-state index in [1.807, 2.05) is 6.20 Å². The highest BCUT2D eigenvalue weighted by Gasteiger charge is 2.15. The number of rotatable bonds is 3. The van der Waals surface area contributed by atoms with Crippen molar-refractivity contribution in [1.82, 2.24) is 9.97 Å². The van der Waals surface area contributed by atoms with Gasteiger partial charge in [0.25, 0.3) is 0 Å². The van der Waals surface area contributed by atoms with Crippen molar-refractivity contribution in [2.24, 2.45) is 11.7 Å². The molecule has 1 heterocycles. The van der Waals surface area contributed by atoms with Crippen molar-refractivity contribution < 1.29 is 0 Å². The first kappa shape index (κ1) is 12.8. The Kier molecular flexibility index (Phi) is 3.53. The molecule has 0 aliphatic carbocycles. The van der Waals surface area contributed by atoms with E-state index in [9.17, 15) is 0 Å². The smallest absolute Gasteiger partial charge is 0.123 e. The van der Waals surface area contributed by atoms with E-state index in [-0.39, 0.29) is 6.04 Å². The zero-order valence-electron chi connectivity index (χ0n) is 11.5. The molecule has 1 unspecified atom stereocenters. The van der Waals surface area contributed by atoms with Crippen molar-refractivity contribution in [3.05, 3.63) is 41.3 Å². The Morgan fingerprint density at radius 2 is 1.94 bits per heavy atom. The third kappa shape index (κ3) is 2.46. The second-order valence-electron chi connectivity index (χ2n) is 5.27. The Morgan fingerprint density at radius 3 is 2.56 bits per heavy atom. The topological polar surface area (TPSA) is 54.7 Å². The standard InChI is InChI=1S/C15H21N3/c1-9(2)14(16)15-17-8-13(18-15)12-6-5-10(3)7-11(12)4/h5-9,14H,16H2,1-4H3,(H,17,18). The lowest BCUT2D eigenvalue weighted by atomic mass is 10.0. The van der Waals surface area contributed by atoms with E-state index in [0.29, 0.717) is 5.92 Å². The second-order valence-corrected chi connectivity index (χ2v) is 5.27. The summed E-state index contributed by atoms with van der Waals surface area (Å²) >= 11 is 0. The summed E-state index contributed by atoms with van der Waals surface area (Å²) in [7, 11) is 0. The van der Waals surface area contributed by atoms with Gasteiger partial charge in [0.2, 0.25) is 0 Å². The molecule has 2 rings (SSSR count). The first-order valence-corrected chi connectivity index (χ1v) is 6.37. The molecule has 0 bridgehead atoms. The number of aromatic amines is 1. The normalized spacial score (nSPS) is 13.0. The quantitative estimate of drug-likeness (QED) is 0.868. The molecule has 0 fully saturated rings. The van der Waals surface area contributed by atoms with Crippen LogP contribution in [0.15, 0.2) is 24.4 Å². The van der Waals surface area contributed by atoms with Crippen molar-refractivity contribution in [2.75, 3.05) is 0 Å². The van der Waals surface area contributed by atoms with Crippen molar-refractivity contribution in [2.45, 2.75) is 33.7 Å². The first-order valence-electron chi connectivity index (χ1n) is 6.37. The molecule has 0 aliphatic rings. The van der Waals surface area contributed by atoms with E-state index >= 15 is 0 Å². The Morgan fingerprint density at radius 1 is 1.22 bits per heavy atom. The van der Waals surface area contributed by atoms with E-state index in [0.717, 1.165) is 11.5 Å². The van der Waals surface area contributed by atoms with Crippen LogP contribution in [0.25, 0.3) is 11.3 Å². The van der Waals surface area contributed by atoms with Crippen LogP contribution in [0.2, 0.25) is 0 Å². The van der Waals surface area contributed by atoms with Gasteiger partial charge in [-0.1, -0.05) is 37.6 Å². The molecule has 3 nitrogen and oxygen atoms in total. The second kappa shape index (κ2) is 4.94. The molecule has 1 atom stereocenters. The van der Waals surface area contributed by atoms with Gasteiger partial charge >= 0.3 is 0 Å². The number of nitrogens with one attached hydrogen (secondary N) is 1. The van der Waals surface area contributed by atoms with Crippen LogP contribution in [0, 0.1) is 19.8 Å². The summed E-state index contributed by atoms with van der Waals surface area (Å²) in [5, 5.41) is 0. The van der Waals surface area contributed by atoms with Crippen LogP contribution in [-0.4, -0.2) is 9.97 Å². The fourth-order valence-electron chi connectivity index (χ4n) is 2.07. The van der Waals surface area contributed by atoms with E-state index in [2.05, 4.69) is 55.9 Å². The van der Waals surface area contributed by atoms with Crippen molar-refractivity contribution in [1.29, 1.82) is 0 Å². The minimum Gasteiger partial charge on any atom is -0.341 e. The minimum atomic E-state index is -0.0375. The van der Waals surface area contributed by atoms with Gasteiger partial charge in [-0.25, -0.2) is 4.98 Å². The molecule has 2 aromatic rings. The number of nitrogens with two attached hydrogens (primary N) is 1. The number of aryl methyl sites for hydroxylation is 2. The molecule has 0 amide bonds. The summed E-state index contributed by atoms with van der Waals surface area (Å²) in [5.74, 6) is 1.24. The summed E-state index contributed by atoms with van der Waals surface area (Å²) in [4.78, 5) is 7.73. The van der Waals surface area contributed by atoms with Gasteiger partial charge in [-0.05, 0) is 25.3 Å². The highest BCUT2D eigenvalue weighted by atomic mass is 15.0. The third-order valence-electron chi connectivity index (χ3n) is 3.30. The number of nitrogens with zero attached hydrogens (tertiary/aromatic N) is 1. The van der Waals surface area contributed by atoms with Gasteiger partial charge in [0, 0.05) is 5.56 Å². The largest absolute Gasteiger partial charge is 0.341 e. The molecule has 1 aromatic heterocycles. The summed E-state index contributed by atoms with van der Waals surface area (Å²) in [6.45, 7) is 8.42. The van der Waals surface area contributed by atoms with Crippen LogP contribution in [0.5, 0.6) is 0 Å². The predicted octanol–water partition coefficient (Wildman–Crippen LogP) is 3.35. The Labute approximate surface area is 108 Å². The minimum absolute atomic E-state index is 0.0375. The number of benzene rings is 1. The molecular formula is C15H21N3. The zero-order valence-corrected chi connectivity index (χ0v) is 11.5. The maximum atomic E-state index is 6.10. The fraction of sp³-hybridized carbons (Fsp3) is 0.400. The number of H-pyrrole nitrogens is 1. The molecule has 18 heavy (non-hydrogen) atoms. The van der Waals surface area contributed by atoms with Gasteiger partial charge in [0.15, 0.2) is 0 Å². The van der Waals surface area contributed by atoms with Crippen LogP contribution < -0.4 is 5.73 Å². The highest BCUT2D eigenvalue weighted by molar-refractivity contribution is 5.63. The molecule has 3 N–H and O–H groups in total. The first-order chi connectivity index (χ1) is 8.49. The number of aromatic nitrogens is 2. The molecule has 96 valence electrons. The van der Waals surface area contributed by atoms with E-state index in [1.165, 1.54) is 16.7 Å². The van der Waals surface area contributed by atoms with Gasteiger partial charge in [0.05, 0.1) is 17.9 Å². The Hall–Kier alpha value is -1.61. The number of hydrogen-bond donors (Lipinski definition) is 2. The highest BCUT2D eigenvalue weighted by Crippen LogP contribution is 2.24. The summed E-state index contributed by atoms with van der Waals surface area (Å²) in [6, 6.07) is 6.39. The Bertz CT molecular complexity index is 540. The third-order valence-corrected chi connectivity index (χ3v) is 3.30. The zero-order chi connectivity index (χ0) is 13.3. The van der Waals surface area contributed by atoms with Crippen LogP contribution in [-0.2, 0) is 0 Å². The number of hydrogen-bond acceptors (Lipinski definition) is 2. The van der Waals surface area contributed by atoms with Gasteiger partial charge in [-0.2, -0.15) is 0 Å². The molecule has 0 aliphatic heterocycles. The maximum absolute atomic E-state index is 6.10. The lowest BCUT2D eigenvalue weighted by Gasteiger charge is -2.12. The van der Waals surface area contributed by atoms with Crippen LogP contribution in [0.3, 0.4) is 0 Å². The summed E-state index contributed by atoms with van der Waals surface area (Å²) in [5.41, 5.74) is 10.9. The number of imidazole rings is 1. The van der Waals surface area contributed by atoms with Crippen LogP contribution in [0.1, 0.15) is 36.8 Å². The average molecular weight is 243 g/mol. The lowest BCUT2D eigenvalue weighted by molar-refractivity contribution is 0.494. The lowest BCUT2D eigenvalue weighted by Crippen LogP contribution is -2.18. The van der Waals surface area contributed by atoms with E-state index < -0.39 is 0 Å². The van der Waals surface area contributed by atoms with E-state index in [4.69, 9.17) is 5.73 Å². The summed E-state index contributed by atoms with van der Waals surface area (Å²) < 4.78 is 0. The van der Waals surface area contributed by atoms with Crippen molar-refractivity contribution >= 4 is 0 Å². The van der Waals surface area contributed by atoms with Gasteiger partial charge < -0.3 is 10.7 Å². The molecule has 3 heteroatoms. The van der Waals surface area contributed by atoms with Crippen molar-refractivity contribution in [3.63, 3.8) is 0 Å². The Balaban J connectivity index is 2.35. The fourth-order valence-corrected chi connectivity index (χ4v) is 2.07. The molecule has 0 radical (unpaired) electrons. The van der Waals surface area contributed by atoms with Gasteiger partial charge in [0.1, 0.15) is 5.82 Å². The maximum Gasteiger partial charge on any atom is 0.123 e. The molecule has 0 saturated heterocycles. The molecule has 0 spiro atoms. The van der Waals surface area contributed by atoms with Crippen LogP contribution in [0.4, 0.5) is 0 Å². The molecule has 1 aromatic carbocycles. The van der Waals surface area contributed by atoms with Gasteiger partial charge in [-0.3, -0.25) is 0 Å². The van der Waals surface area contributed by atoms with Gasteiger partial charge in [-0.15, -0.1) is 0 Å². The molecule has 0 saturated carbocycles. The van der Waals surface area contributed by atoms with Crippen molar-refractivity contribution in [3.8, 4) is 11.3 Å². The predicted molar refractivity (Wildman–Crippen MR) is 75.3 cm³/mol. The SMILES string of the molecule is Cc1ccc(-c2cnc(C(N)C(C)C)[nH]2)c(C)c1.